The zero-order valence-corrected chi connectivity index (χ0v) is 57.6. The van der Waals surface area contributed by atoms with E-state index in [0.717, 1.165) is 44.9 Å². The van der Waals surface area contributed by atoms with Crippen LogP contribution >= 0.6 is 0 Å². The van der Waals surface area contributed by atoms with Crippen molar-refractivity contribution in [3.63, 3.8) is 0 Å². The Balaban J connectivity index is 3.41. The van der Waals surface area contributed by atoms with Gasteiger partial charge in [-0.15, -0.1) is 0 Å². The highest BCUT2D eigenvalue weighted by atomic mass is 16.5. The predicted octanol–water partition coefficient (Wildman–Crippen LogP) is 25.4. The molecule has 0 saturated carbocycles. The molecular weight excluding hydrogens is 1040 g/mol. The number of aliphatic hydroxyl groups is 2. The fraction of sp³-hybridized carbons (Fsp3) is 0.899. The van der Waals surface area contributed by atoms with E-state index in [1.165, 1.54) is 360 Å². The Morgan fingerprint density at radius 1 is 0.318 bits per heavy atom. The Bertz CT molecular complexity index is 1380. The molecule has 0 aliphatic heterocycles. The topological polar surface area (TPSA) is 95.9 Å². The smallest absolute Gasteiger partial charge is 0.305 e. The molecule has 2 atom stereocenters. The number of allylic oxidation sites excluding steroid dienone is 5. The summed E-state index contributed by atoms with van der Waals surface area (Å²) < 4.78 is 5.49. The minimum Gasteiger partial charge on any atom is -0.466 e. The molecule has 0 aromatic rings. The van der Waals surface area contributed by atoms with Crippen molar-refractivity contribution in [2.24, 2.45) is 0 Å². The summed E-state index contributed by atoms with van der Waals surface area (Å²) in [6.45, 7) is 4.94. The standard InChI is InChI=1S/C79H151NO5/c1-3-5-7-9-11-13-15-17-19-20-21-22-23-28-31-34-37-40-44-47-51-55-59-63-67-71-77(82)76(75-81)80-78(83)72-68-64-60-56-52-48-45-41-38-35-32-29-26-24-25-27-30-33-36-39-42-46-50-54-58-62-66-70-74-85-79(84)73-69-65-61-57-53-49-43-18-16-14-12-10-8-6-4-2/h18,24-25,43,67,71,76-77,81-82H,3-17,19-23,26-42,44-66,68-70,72-75H2,1-2H3,(H,80,83)/b25-24-,43-18-,71-67+. The maximum Gasteiger partial charge on any atom is 0.305 e. The van der Waals surface area contributed by atoms with Crippen LogP contribution in [0.25, 0.3) is 0 Å². The van der Waals surface area contributed by atoms with Crippen molar-refractivity contribution in [2.75, 3.05) is 13.2 Å². The molecule has 85 heavy (non-hydrogen) atoms. The number of carbonyl (C=O) groups excluding carboxylic acids is 2. The van der Waals surface area contributed by atoms with Gasteiger partial charge in [-0.3, -0.25) is 9.59 Å². The van der Waals surface area contributed by atoms with Crippen LogP contribution < -0.4 is 5.32 Å². The summed E-state index contributed by atoms with van der Waals surface area (Å²) >= 11 is 0. The zero-order valence-electron chi connectivity index (χ0n) is 57.6. The molecular formula is C79H151NO5. The van der Waals surface area contributed by atoms with Gasteiger partial charge in [0.1, 0.15) is 0 Å². The molecule has 0 aromatic carbocycles. The summed E-state index contributed by atoms with van der Waals surface area (Å²) in [5.41, 5.74) is 0. The molecule has 0 rings (SSSR count). The minimum absolute atomic E-state index is 0.00828. The van der Waals surface area contributed by atoms with Crippen molar-refractivity contribution in [2.45, 2.75) is 443 Å². The number of esters is 1. The molecule has 0 aromatic heterocycles. The third kappa shape index (κ3) is 71.0. The van der Waals surface area contributed by atoms with Crippen LogP contribution in [0.4, 0.5) is 0 Å². The molecule has 3 N–H and O–H groups in total. The third-order valence-electron chi connectivity index (χ3n) is 18.1. The summed E-state index contributed by atoms with van der Waals surface area (Å²) in [7, 11) is 0. The number of carbonyl (C=O) groups is 2. The highest BCUT2D eigenvalue weighted by Crippen LogP contribution is 2.19. The summed E-state index contributed by atoms with van der Waals surface area (Å²) in [5.74, 6) is -0.0549. The molecule has 2 unspecified atom stereocenters. The molecule has 1 amide bonds. The van der Waals surface area contributed by atoms with Crippen molar-refractivity contribution >= 4 is 11.9 Å². The molecule has 0 heterocycles. The first kappa shape index (κ1) is 83.1. The number of rotatable bonds is 73. The molecule has 6 nitrogen and oxygen atoms in total. The number of aliphatic hydroxyl groups excluding tert-OH is 2. The first-order chi connectivity index (χ1) is 42.0. The quantitative estimate of drug-likeness (QED) is 0.0320. The number of hydrogen-bond acceptors (Lipinski definition) is 5. The fourth-order valence-corrected chi connectivity index (χ4v) is 12.2. The molecule has 502 valence electrons. The molecule has 0 spiro atoms. The lowest BCUT2D eigenvalue weighted by Crippen LogP contribution is -2.45. The summed E-state index contributed by atoms with van der Waals surface area (Å²) in [6.07, 6.45) is 96.8. The molecule has 6 heteroatoms. The molecule has 0 saturated heterocycles. The number of nitrogens with one attached hydrogen (secondary N) is 1. The van der Waals surface area contributed by atoms with Crippen LogP contribution in [-0.2, 0) is 14.3 Å². The fourth-order valence-electron chi connectivity index (χ4n) is 12.2. The van der Waals surface area contributed by atoms with E-state index in [9.17, 15) is 19.8 Å². The maximum absolute atomic E-state index is 12.6. The lowest BCUT2D eigenvalue weighted by Gasteiger charge is -2.20. The van der Waals surface area contributed by atoms with Crippen LogP contribution in [0.5, 0.6) is 0 Å². The Hall–Kier alpha value is -1.92. The van der Waals surface area contributed by atoms with Gasteiger partial charge in [-0.2, -0.15) is 0 Å². The van der Waals surface area contributed by atoms with E-state index in [1.54, 1.807) is 6.08 Å². The summed E-state index contributed by atoms with van der Waals surface area (Å²) in [6, 6.07) is -0.630. The molecule has 0 radical (unpaired) electrons. The highest BCUT2D eigenvalue weighted by molar-refractivity contribution is 5.76. The SMILES string of the molecule is CCCCCCCC/C=C\CCCCCCCC(=O)OCCCCCCCCCCCCCC/C=C\CCCCCCCCCCCCCCC(=O)NC(CO)C(O)/C=C/CCCCCCCCCCCCCCCCCCCCCCCCC. The van der Waals surface area contributed by atoms with E-state index in [4.69, 9.17) is 4.74 Å². The Morgan fingerprint density at radius 2 is 0.553 bits per heavy atom. The van der Waals surface area contributed by atoms with Gasteiger partial charge in [0.2, 0.25) is 5.91 Å². The number of hydrogen-bond donors (Lipinski definition) is 3. The van der Waals surface area contributed by atoms with Crippen molar-refractivity contribution in [3.8, 4) is 0 Å². The summed E-state index contributed by atoms with van der Waals surface area (Å²) in [5, 5.41) is 23.3. The number of ether oxygens (including phenoxy) is 1. The van der Waals surface area contributed by atoms with Crippen LogP contribution in [-0.4, -0.2) is 47.4 Å². The average Bonchev–Trinajstić information content (AvgIpc) is 3.51. The largest absolute Gasteiger partial charge is 0.466 e. The predicted molar refractivity (Wildman–Crippen MR) is 375 cm³/mol. The zero-order chi connectivity index (χ0) is 61.3. The van der Waals surface area contributed by atoms with Gasteiger partial charge in [-0.05, 0) is 83.5 Å². The van der Waals surface area contributed by atoms with E-state index in [-0.39, 0.29) is 18.5 Å². The number of unbranched alkanes of at least 4 members (excludes halogenated alkanes) is 58. The van der Waals surface area contributed by atoms with Crippen molar-refractivity contribution in [1.82, 2.24) is 5.32 Å². The second-order valence-electron chi connectivity index (χ2n) is 26.7. The molecule has 0 fully saturated rings. The average molecular weight is 1200 g/mol. The second kappa shape index (κ2) is 74.5. The van der Waals surface area contributed by atoms with Gasteiger partial charge in [-0.25, -0.2) is 0 Å². The van der Waals surface area contributed by atoms with Gasteiger partial charge >= 0.3 is 5.97 Å². The van der Waals surface area contributed by atoms with Gasteiger partial charge in [0.05, 0.1) is 25.4 Å². The van der Waals surface area contributed by atoms with Crippen LogP contribution in [0.2, 0.25) is 0 Å². The maximum atomic E-state index is 12.6. The van der Waals surface area contributed by atoms with E-state index >= 15 is 0 Å². The Morgan fingerprint density at radius 3 is 0.835 bits per heavy atom. The second-order valence-corrected chi connectivity index (χ2v) is 26.7. The monoisotopic (exact) mass is 1190 g/mol. The van der Waals surface area contributed by atoms with Crippen LogP contribution in [0, 0.1) is 0 Å². The lowest BCUT2D eigenvalue weighted by atomic mass is 10.0. The molecule has 0 aliphatic rings. The Labute approximate surface area is 532 Å². The first-order valence-corrected chi connectivity index (χ1v) is 38.8. The third-order valence-corrected chi connectivity index (χ3v) is 18.1. The van der Waals surface area contributed by atoms with Crippen LogP contribution in [0.3, 0.4) is 0 Å². The number of amides is 1. The van der Waals surface area contributed by atoms with Gasteiger partial charge in [0.15, 0.2) is 0 Å². The van der Waals surface area contributed by atoms with E-state index in [2.05, 4.69) is 43.5 Å². The van der Waals surface area contributed by atoms with E-state index in [0.29, 0.717) is 19.4 Å². The van der Waals surface area contributed by atoms with Crippen LogP contribution in [0.1, 0.15) is 431 Å². The van der Waals surface area contributed by atoms with E-state index < -0.39 is 12.1 Å². The van der Waals surface area contributed by atoms with Crippen molar-refractivity contribution in [1.29, 1.82) is 0 Å². The molecule has 0 bridgehead atoms. The van der Waals surface area contributed by atoms with Crippen molar-refractivity contribution in [3.05, 3.63) is 36.5 Å². The Kier molecular flexibility index (Phi) is 72.9. The first-order valence-electron chi connectivity index (χ1n) is 38.8. The minimum atomic E-state index is -0.846. The summed E-state index contributed by atoms with van der Waals surface area (Å²) in [4.78, 5) is 24.6. The van der Waals surface area contributed by atoms with E-state index in [1.807, 2.05) is 6.08 Å². The van der Waals surface area contributed by atoms with Gasteiger partial charge in [0.25, 0.3) is 0 Å². The highest BCUT2D eigenvalue weighted by Gasteiger charge is 2.18. The normalized spacial score (nSPS) is 12.7. The lowest BCUT2D eigenvalue weighted by molar-refractivity contribution is -0.143. The van der Waals surface area contributed by atoms with Crippen LogP contribution in [0.15, 0.2) is 36.5 Å². The molecule has 0 aliphatic carbocycles. The van der Waals surface area contributed by atoms with Gasteiger partial charge < -0.3 is 20.3 Å². The van der Waals surface area contributed by atoms with Gasteiger partial charge in [0, 0.05) is 12.8 Å². The van der Waals surface area contributed by atoms with Gasteiger partial charge in [-0.1, -0.05) is 371 Å². The van der Waals surface area contributed by atoms with Crippen molar-refractivity contribution < 1.29 is 24.5 Å².